The molecule has 7 heteroatoms. The van der Waals surface area contributed by atoms with Gasteiger partial charge in [-0.25, -0.2) is 13.5 Å². The Morgan fingerprint density at radius 2 is 1.81 bits per heavy atom. The predicted molar refractivity (Wildman–Crippen MR) is 93.1 cm³/mol. The van der Waals surface area contributed by atoms with Gasteiger partial charge in [0.2, 0.25) is 0 Å². The van der Waals surface area contributed by atoms with Crippen LogP contribution in [0.2, 0.25) is 0 Å². The van der Waals surface area contributed by atoms with Crippen molar-refractivity contribution in [1.82, 2.24) is 9.78 Å². The van der Waals surface area contributed by atoms with Gasteiger partial charge in [0.05, 0.1) is 6.54 Å². The van der Waals surface area contributed by atoms with Gasteiger partial charge >= 0.3 is 0 Å². The van der Waals surface area contributed by atoms with E-state index in [1.165, 1.54) is 42.5 Å². The number of nitrogens with zero attached hydrogens (tertiary/aromatic N) is 2. The molecule has 0 aliphatic rings. The molecule has 0 saturated carbocycles. The van der Waals surface area contributed by atoms with E-state index in [0.29, 0.717) is 11.1 Å². The van der Waals surface area contributed by atoms with Crippen LogP contribution in [0, 0.1) is 18.6 Å². The molecule has 1 amide bonds. The molecule has 0 aliphatic carbocycles. The summed E-state index contributed by atoms with van der Waals surface area (Å²) in [6.45, 7) is 1.72. The van der Waals surface area contributed by atoms with Gasteiger partial charge in [0.25, 0.3) is 11.5 Å². The van der Waals surface area contributed by atoms with Crippen LogP contribution in [0.25, 0.3) is 0 Å². The summed E-state index contributed by atoms with van der Waals surface area (Å²) in [6.07, 6.45) is 0. The number of carbonyl (C=O) groups is 1. The van der Waals surface area contributed by atoms with Gasteiger partial charge < -0.3 is 5.32 Å². The molecule has 0 bridgehead atoms. The number of carbonyl (C=O) groups excluding carboxylic acids is 1. The number of nitrogens with one attached hydrogen (secondary N) is 1. The SMILES string of the molecule is Cc1ccc(NC(=O)c2ccc(=O)n(Cc3ccc(F)cc3)n2)cc1F. The maximum Gasteiger partial charge on any atom is 0.276 e. The minimum absolute atomic E-state index is 0.00712. The highest BCUT2D eigenvalue weighted by Crippen LogP contribution is 2.14. The van der Waals surface area contributed by atoms with E-state index < -0.39 is 17.3 Å². The Morgan fingerprint density at radius 1 is 1.08 bits per heavy atom. The Bertz CT molecular complexity index is 1010. The van der Waals surface area contributed by atoms with Crippen molar-refractivity contribution >= 4 is 11.6 Å². The summed E-state index contributed by atoms with van der Waals surface area (Å²) in [5.41, 5.74) is 1.03. The molecule has 2 aromatic carbocycles. The summed E-state index contributed by atoms with van der Waals surface area (Å²) in [5, 5.41) is 6.57. The van der Waals surface area contributed by atoms with Crippen LogP contribution in [0.3, 0.4) is 0 Å². The van der Waals surface area contributed by atoms with Gasteiger partial charge in [0.15, 0.2) is 0 Å². The number of anilines is 1. The maximum atomic E-state index is 13.6. The van der Waals surface area contributed by atoms with Crippen molar-refractivity contribution in [2.45, 2.75) is 13.5 Å². The van der Waals surface area contributed by atoms with E-state index in [-0.39, 0.29) is 23.7 Å². The minimum Gasteiger partial charge on any atom is -0.320 e. The largest absolute Gasteiger partial charge is 0.320 e. The predicted octanol–water partition coefficient (Wildman–Crippen LogP) is 3.13. The van der Waals surface area contributed by atoms with Crippen LogP contribution < -0.4 is 10.9 Å². The number of halogens is 2. The van der Waals surface area contributed by atoms with Crippen LogP contribution in [0.4, 0.5) is 14.5 Å². The highest BCUT2D eigenvalue weighted by Gasteiger charge is 2.11. The van der Waals surface area contributed by atoms with E-state index in [2.05, 4.69) is 10.4 Å². The van der Waals surface area contributed by atoms with Crippen molar-refractivity contribution in [2.75, 3.05) is 5.32 Å². The molecule has 132 valence electrons. The Labute approximate surface area is 147 Å². The molecule has 1 N–H and O–H groups in total. The molecule has 0 saturated heterocycles. The smallest absolute Gasteiger partial charge is 0.276 e. The Hall–Kier alpha value is -3.35. The van der Waals surface area contributed by atoms with Gasteiger partial charge in [-0.05, 0) is 48.4 Å². The summed E-state index contributed by atoms with van der Waals surface area (Å²) in [5.74, 6) is -1.38. The zero-order chi connectivity index (χ0) is 18.7. The Morgan fingerprint density at radius 3 is 2.50 bits per heavy atom. The number of rotatable bonds is 4. The third kappa shape index (κ3) is 4.00. The van der Waals surface area contributed by atoms with Gasteiger partial charge in [-0.1, -0.05) is 18.2 Å². The lowest BCUT2D eigenvalue weighted by atomic mass is 10.2. The fourth-order valence-electron chi connectivity index (χ4n) is 2.31. The zero-order valence-electron chi connectivity index (χ0n) is 13.9. The lowest BCUT2D eigenvalue weighted by molar-refractivity contribution is 0.102. The quantitative estimate of drug-likeness (QED) is 0.782. The average molecular weight is 355 g/mol. The highest BCUT2D eigenvalue weighted by molar-refractivity contribution is 6.02. The van der Waals surface area contributed by atoms with Crippen LogP contribution >= 0.6 is 0 Å². The van der Waals surface area contributed by atoms with Crippen molar-refractivity contribution in [3.8, 4) is 0 Å². The third-order valence-electron chi connectivity index (χ3n) is 3.77. The van der Waals surface area contributed by atoms with Crippen molar-refractivity contribution in [3.63, 3.8) is 0 Å². The standard InChI is InChI=1S/C19H15F2N3O2/c1-12-2-7-15(10-16(12)21)22-19(26)17-8-9-18(25)24(23-17)11-13-3-5-14(20)6-4-13/h2-10H,11H2,1H3,(H,22,26). The van der Waals surface area contributed by atoms with Crippen molar-refractivity contribution in [2.24, 2.45) is 0 Å². The van der Waals surface area contributed by atoms with E-state index >= 15 is 0 Å². The van der Waals surface area contributed by atoms with E-state index in [0.717, 1.165) is 4.68 Å². The lowest BCUT2D eigenvalue weighted by Crippen LogP contribution is -2.26. The van der Waals surface area contributed by atoms with E-state index in [1.807, 2.05) is 0 Å². The van der Waals surface area contributed by atoms with Crippen LogP contribution in [0.5, 0.6) is 0 Å². The first kappa shape index (κ1) is 17.5. The van der Waals surface area contributed by atoms with Gasteiger partial charge in [-0.3, -0.25) is 9.59 Å². The second-order valence-corrected chi connectivity index (χ2v) is 5.76. The molecule has 0 fully saturated rings. The Kier molecular flexibility index (Phi) is 4.88. The van der Waals surface area contributed by atoms with Crippen molar-refractivity contribution in [3.05, 3.63) is 93.4 Å². The number of hydrogen-bond donors (Lipinski definition) is 1. The molecule has 0 aliphatic heterocycles. The molecule has 1 heterocycles. The summed E-state index contributed by atoms with van der Waals surface area (Å²) in [4.78, 5) is 24.3. The van der Waals surface area contributed by atoms with Gasteiger partial charge in [0, 0.05) is 11.8 Å². The minimum atomic E-state index is -0.568. The van der Waals surface area contributed by atoms with Crippen molar-refractivity contribution in [1.29, 1.82) is 0 Å². The molecule has 1 aromatic heterocycles. The second-order valence-electron chi connectivity index (χ2n) is 5.76. The fourth-order valence-corrected chi connectivity index (χ4v) is 2.31. The monoisotopic (exact) mass is 355 g/mol. The number of amides is 1. The van der Waals surface area contributed by atoms with Gasteiger partial charge in [0.1, 0.15) is 17.3 Å². The summed E-state index contributed by atoms with van der Waals surface area (Å²) < 4.78 is 27.7. The molecule has 5 nitrogen and oxygen atoms in total. The summed E-state index contributed by atoms with van der Waals surface area (Å²) in [7, 11) is 0. The number of hydrogen-bond acceptors (Lipinski definition) is 3. The highest BCUT2D eigenvalue weighted by atomic mass is 19.1. The van der Waals surface area contributed by atoms with Crippen LogP contribution in [0.1, 0.15) is 21.6 Å². The lowest BCUT2D eigenvalue weighted by Gasteiger charge is -2.09. The second kappa shape index (κ2) is 7.26. The first-order valence-electron chi connectivity index (χ1n) is 7.82. The Balaban J connectivity index is 1.81. The zero-order valence-corrected chi connectivity index (χ0v) is 13.9. The molecule has 0 radical (unpaired) electrons. The molecule has 0 spiro atoms. The molecular formula is C19H15F2N3O2. The third-order valence-corrected chi connectivity index (χ3v) is 3.77. The molecule has 0 unspecified atom stereocenters. The topological polar surface area (TPSA) is 64.0 Å². The molecular weight excluding hydrogens is 340 g/mol. The molecule has 26 heavy (non-hydrogen) atoms. The maximum absolute atomic E-state index is 13.6. The van der Waals surface area contributed by atoms with Gasteiger partial charge in [-0.15, -0.1) is 0 Å². The van der Waals surface area contributed by atoms with Crippen LogP contribution in [0.15, 0.2) is 59.4 Å². The molecule has 0 atom stereocenters. The number of benzene rings is 2. The molecule has 3 rings (SSSR count). The average Bonchev–Trinajstić information content (AvgIpc) is 2.62. The van der Waals surface area contributed by atoms with E-state index in [1.54, 1.807) is 19.1 Å². The summed E-state index contributed by atoms with van der Waals surface area (Å²) in [6, 6.07) is 12.5. The number of aromatic nitrogens is 2. The van der Waals surface area contributed by atoms with E-state index in [4.69, 9.17) is 0 Å². The summed E-state index contributed by atoms with van der Waals surface area (Å²) >= 11 is 0. The normalized spacial score (nSPS) is 10.6. The van der Waals surface area contributed by atoms with Crippen LogP contribution in [-0.2, 0) is 6.54 Å². The number of aryl methyl sites for hydroxylation is 1. The first-order valence-corrected chi connectivity index (χ1v) is 7.82. The molecule has 3 aromatic rings. The van der Waals surface area contributed by atoms with Crippen molar-refractivity contribution < 1.29 is 13.6 Å². The fraction of sp³-hybridized carbons (Fsp3) is 0.105. The van der Waals surface area contributed by atoms with Crippen LogP contribution in [-0.4, -0.2) is 15.7 Å². The first-order chi connectivity index (χ1) is 12.4. The van der Waals surface area contributed by atoms with E-state index in [9.17, 15) is 18.4 Å². The van der Waals surface area contributed by atoms with Gasteiger partial charge in [-0.2, -0.15) is 5.10 Å².